The van der Waals surface area contributed by atoms with Gasteiger partial charge in [-0.3, -0.25) is 0 Å². The molecule has 0 aromatic heterocycles. The first-order valence-corrected chi connectivity index (χ1v) is 45.7. The Bertz CT molecular complexity index is 6030. The molecule has 22 rings (SSSR count). The topological polar surface area (TPSA) is 95.8 Å². The number of benzene rings is 15. The maximum atomic E-state index is 9.17. The number of ether oxygens (including phenoxy) is 1. The van der Waals surface area contributed by atoms with Crippen molar-refractivity contribution in [3.05, 3.63) is 431 Å². The summed E-state index contributed by atoms with van der Waals surface area (Å²) in [6.45, 7) is 19.5. The average molecular weight is 1920 g/mol. The number of fused-ring (bicyclic) bond motifs is 30. The van der Waals surface area contributed by atoms with Crippen molar-refractivity contribution in [1.82, 2.24) is 0 Å². The Morgan fingerprint density at radius 3 is 0.824 bits per heavy atom. The molecule has 0 saturated carbocycles. The molecule has 2 N–H and O–H groups in total. The fourth-order valence-electron chi connectivity index (χ4n) is 18.9. The molecule has 0 amide bonds. The van der Waals surface area contributed by atoms with Crippen molar-refractivity contribution in [3.63, 3.8) is 0 Å². The van der Waals surface area contributed by atoms with E-state index in [1.807, 2.05) is 84.0 Å². The van der Waals surface area contributed by atoms with Gasteiger partial charge in [-0.2, -0.15) is 6.42 Å². The molecule has 8 nitrogen and oxygen atoms in total. The van der Waals surface area contributed by atoms with Crippen molar-refractivity contribution in [1.29, 1.82) is 0 Å². The summed E-state index contributed by atoms with van der Waals surface area (Å²) >= 11 is 7.99. The van der Waals surface area contributed by atoms with E-state index in [-0.39, 0.29) is 53.4 Å². The summed E-state index contributed by atoms with van der Waals surface area (Å²) in [6.07, 6.45) is 5.17. The quantitative estimate of drug-likeness (QED) is 0.0670. The minimum absolute atomic E-state index is 0. The molecule has 0 atom stereocenters. The Labute approximate surface area is 787 Å². The van der Waals surface area contributed by atoms with Gasteiger partial charge in [0.25, 0.3) is 0 Å². The van der Waals surface area contributed by atoms with Crippen LogP contribution in [-0.4, -0.2) is 64.3 Å². The zero-order valence-corrected chi connectivity index (χ0v) is 77.7. The average Bonchev–Trinajstić information content (AvgIpc) is 1.52. The van der Waals surface area contributed by atoms with E-state index in [4.69, 9.17) is 38.1 Å². The van der Waals surface area contributed by atoms with Crippen molar-refractivity contribution in [3.8, 4) is 101 Å². The minimum atomic E-state index is -0.542. The predicted octanol–water partition coefficient (Wildman–Crippen LogP) is 24.6. The first kappa shape index (κ1) is 90.2. The van der Waals surface area contributed by atoms with Crippen molar-refractivity contribution >= 4 is 83.8 Å². The molecule has 15 heteroatoms. The van der Waals surface area contributed by atoms with Crippen molar-refractivity contribution in [2.45, 2.75) is 109 Å². The second-order valence-electron chi connectivity index (χ2n) is 32.3. The van der Waals surface area contributed by atoms with Crippen LogP contribution in [0.25, 0.3) is 89.0 Å². The van der Waals surface area contributed by atoms with Gasteiger partial charge in [0.15, 0.2) is 0 Å². The van der Waals surface area contributed by atoms with Crippen LogP contribution in [0.5, 0.6) is 11.5 Å². The molecule has 0 bridgehead atoms. The summed E-state index contributed by atoms with van der Waals surface area (Å²) in [7, 11) is 0.910. The molecule has 15 aromatic rings. The molecule has 1 fully saturated rings. The van der Waals surface area contributed by atoms with Gasteiger partial charge in [-0.25, -0.2) is 0 Å². The third-order valence-corrected chi connectivity index (χ3v) is 25.8. The molecule has 7 aliphatic rings. The Balaban J connectivity index is 0.000000124. The van der Waals surface area contributed by atoms with E-state index in [1.54, 1.807) is 0 Å². The normalized spacial score (nSPS) is 13.5. The molecule has 0 unspecified atom stereocenters. The van der Waals surface area contributed by atoms with Gasteiger partial charge in [0.05, 0.1) is 16.2 Å². The maximum Gasteiger partial charge on any atom is 1.00 e. The maximum absolute atomic E-state index is 9.17. The fourth-order valence-corrected chi connectivity index (χ4v) is 19.9. The summed E-state index contributed by atoms with van der Waals surface area (Å²) in [6, 6.07) is 124. The van der Waals surface area contributed by atoms with Gasteiger partial charge in [0.2, 0.25) is 0 Å². The van der Waals surface area contributed by atoms with Gasteiger partial charge in [0, 0.05) is 43.1 Å². The third-order valence-electron chi connectivity index (χ3n) is 23.8. The third kappa shape index (κ3) is 17.6. The SMILES string of the molecule is Brc1ccc(I)cc1.C1CCOC1.CC(C)OB(OC(C)C)OC(C)C.Ic1ccc(-c2ccc3c(c2)C2(c4ccccc4-c4ccccc42)c2ccccc2-3)cc1.O[B]Oc1ccc(-c2ccc3c(c2)C2(c4ccccc4-c4ccccc42)c2ccccc2-3)cc1.O[B]Oc1ccc2c(c1)C1(c3ccccc3-c3ccccc31)c1ccccc1-2.[CH2-]CCC.[Li+]. The molecule has 3 spiro atoms. The number of unbranched alkanes of at least 4 members (excludes halogenated alkanes) is 1. The number of rotatable bonds is 13. The molecule has 616 valence electrons. The van der Waals surface area contributed by atoms with E-state index < -0.39 is 7.32 Å². The second-order valence-corrected chi connectivity index (χ2v) is 35.7. The van der Waals surface area contributed by atoms with E-state index in [0.29, 0.717) is 19.2 Å². The summed E-state index contributed by atoms with van der Waals surface area (Å²) in [4.78, 5) is 0. The second kappa shape index (κ2) is 40.6. The zero-order valence-electron chi connectivity index (χ0n) is 71.8. The number of hydrogen-bond acceptors (Lipinski definition) is 8. The Morgan fingerprint density at radius 2 is 0.568 bits per heavy atom. The van der Waals surface area contributed by atoms with E-state index in [2.05, 4.69) is 378 Å². The predicted molar refractivity (Wildman–Crippen MR) is 531 cm³/mol. The fraction of sp³-hybridized carbons (Fsp3) is 0.173. The van der Waals surface area contributed by atoms with Crippen LogP contribution < -0.4 is 28.2 Å². The van der Waals surface area contributed by atoms with Gasteiger partial charge < -0.3 is 45.0 Å². The van der Waals surface area contributed by atoms with Gasteiger partial charge >= 0.3 is 41.6 Å². The van der Waals surface area contributed by atoms with Crippen LogP contribution >= 0.6 is 61.1 Å². The molecule has 6 aliphatic carbocycles. The van der Waals surface area contributed by atoms with E-state index >= 15 is 0 Å². The zero-order chi connectivity index (χ0) is 86.1. The van der Waals surface area contributed by atoms with Gasteiger partial charge in [-0.1, -0.05) is 302 Å². The van der Waals surface area contributed by atoms with Crippen LogP contribution in [0, 0.1) is 14.1 Å². The monoisotopic (exact) mass is 1920 g/mol. The summed E-state index contributed by atoms with van der Waals surface area (Å²) in [5, 5.41) is 18.1. The van der Waals surface area contributed by atoms with Crippen molar-refractivity contribution in [2.75, 3.05) is 13.2 Å². The smallest absolute Gasteiger partial charge is 0.537 e. The van der Waals surface area contributed by atoms with Crippen LogP contribution in [0.4, 0.5) is 0 Å². The first-order valence-electron chi connectivity index (χ1n) is 42.8. The van der Waals surface area contributed by atoms with Crippen LogP contribution in [0.3, 0.4) is 0 Å². The molecule has 1 saturated heterocycles. The minimum Gasteiger partial charge on any atom is -0.537 e. The molecule has 1 heterocycles. The number of hydrogen-bond donors (Lipinski definition) is 2. The van der Waals surface area contributed by atoms with Gasteiger partial charge in [0.1, 0.15) is 11.5 Å². The van der Waals surface area contributed by atoms with Crippen molar-refractivity contribution in [2.24, 2.45) is 0 Å². The Kier molecular flexibility index (Phi) is 29.3. The van der Waals surface area contributed by atoms with Crippen LogP contribution in [0.2, 0.25) is 0 Å². The van der Waals surface area contributed by atoms with E-state index in [1.165, 1.54) is 171 Å². The standard InChI is InChI=1S/C31H20BO2.C31H19I.C25H16BO2.C9H21BO3.C6H4BrI.C4H8O.C4H9.Li/c33-32-34-22-16-13-20(14-17-22)21-15-18-26-25-9-3-6-12-29(25)31(30(26)19-21)27-10-4-1-7-23(27)24-8-2-5-11-28(24)31;32-22-16-13-20(14-17-22)21-15-18-26-25-9-3-6-12-29(25)31(30(26)19-21)27-10-4-1-7-23(27)24-8-2-5-11-28(24)31;27-26-28-16-13-14-20-19-9-3-6-12-23(19)25(24(20)15-16)21-10-4-1-7-17(21)18-8-2-5-11-22(18)25;1-7(2)11-10(12-8(3)4)13-9(5)6;7-5-1-3-6(8)4-2-5;1-2-4-5-3-1;1-3-4-2;/h1-19,33H;1-19H;1-15,27H;7-9H,1-6H3;1-4H;1-4H2;1,3-4H2,2H3;/q;;;;;;-1;+1. The summed E-state index contributed by atoms with van der Waals surface area (Å²) in [5.41, 5.74) is 35.5. The molecule has 125 heavy (non-hydrogen) atoms. The van der Waals surface area contributed by atoms with Crippen LogP contribution in [-0.2, 0) is 34.9 Å². The summed E-state index contributed by atoms with van der Waals surface area (Å²) in [5.74, 6) is 1.24. The summed E-state index contributed by atoms with van der Waals surface area (Å²) < 4.78 is 35.3. The molecular weight excluding hydrogens is 1820 g/mol. The van der Waals surface area contributed by atoms with Gasteiger partial charge in [-0.05, 0) is 328 Å². The first-order chi connectivity index (χ1) is 60.6. The van der Waals surface area contributed by atoms with E-state index in [0.717, 1.165) is 42.9 Å². The molecule has 1 aliphatic heterocycles. The van der Waals surface area contributed by atoms with Gasteiger partial charge in [-0.15, -0.1) is 0 Å². The van der Waals surface area contributed by atoms with E-state index in [9.17, 15) is 0 Å². The largest absolute Gasteiger partial charge is 1.00 e. The number of halogens is 3. The van der Waals surface area contributed by atoms with Crippen LogP contribution in [0.1, 0.15) is 141 Å². The van der Waals surface area contributed by atoms with Crippen molar-refractivity contribution < 1.29 is 56.9 Å². The Hall–Kier alpha value is -9.61. The molecule has 15 aromatic carbocycles. The molecular formula is C110H97B3BrI2LiO8. The molecule has 2 radical (unpaired) electrons. The Morgan fingerprint density at radius 1 is 0.336 bits per heavy atom. The van der Waals surface area contributed by atoms with Crippen LogP contribution in [0.15, 0.2) is 350 Å².